The van der Waals surface area contributed by atoms with Gasteiger partial charge >= 0.3 is 0 Å². The van der Waals surface area contributed by atoms with Gasteiger partial charge in [-0.3, -0.25) is 43.9 Å². The molecule has 1 aromatic heterocycles. The number of hydrogen-bond acceptors (Lipinski definition) is 10. The topological polar surface area (TPSA) is 155 Å². The number of piperidine rings is 1. The Labute approximate surface area is 317 Å². The number of aromatic nitrogens is 2. The number of imide groups is 2. The van der Waals surface area contributed by atoms with Gasteiger partial charge in [0, 0.05) is 68.7 Å². The van der Waals surface area contributed by atoms with Crippen molar-refractivity contribution in [3.05, 3.63) is 105 Å². The molecule has 4 aliphatic heterocycles. The van der Waals surface area contributed by atoms with Crippen LogP contribution < -0.4 is 10.2 Å². The Morgan fingerprint density at radius 1 is 0.944 bits per heavy atom. The highest BCUT2D eigenvalue weighted by Crippen LogP contribution is 2.34. The lowest BCUT2D eigenvalue weighted by Crippen LogP contribution is -2.63. The van der Waals surface area contributed by atoms with Gasteiger partial charge in [-0.1, -0.05) is 41.9 Å². The molecule has 8 rings (SSSR count). The van der Waals surface area contributed by atoms with Crippen molar-refractivity contribution in [1.29, 1.82) is 5.26 Å². The number of carbonyl (C=O) groups is 4. The van der Waals surface area contributed by atoms with Crippen LogP contribution in [0.2, 0.25) is 5.02 Å². The molecule has 2 unspecified atom stereocenters. The van der Waals surface area contributed by atoms with E-state index in [1.54, 1.807) is 24.3 Å². The van der Waals surface area contributed by atoms with E-state index in [0.29, 0.717) is 23.2 Å². The lowest BCUT2D eigenvalue weighted by atomic mass is 10.0. The van der Waals surface area contributed by atoms with E-state index in [-0.39, 0.29) is 24.0 Å². The smallest absolute Gasteiger partial charge is 0.262 e. The first-order valence-electron chi connectivity index (χ1n) is 18.1. The fourth-order valence-corrected chi connectivity index (χ4v) is 8.12. The van der Waals surface area contributed by atoms with E-state index in [2.05, 4.69) is 26.1 Å². The van der Waals surface area contributed by atoms with Crippen LogP contribution in [0.1, 0.15) is 67.7 Å². The number of benzene rings is 3. The Balaban J connectivity index is 0.835. The second kappa shape index (κ2) is 14.1. The fourth-order valence-electron chi connectivity index (χ4n) is 7.90. The number of aliphatic hydroxyl groups excluding tert-OH is 1. The van der Waals surface area contributed by atoms with Gasteiger partial charge in [-0.05, 0) is 67.3 Å². The summed E-state index contributed by atoms with van der Waals surface area (Å²) in [5.74, 6) is -2.03. The molecular weight excluding hydrogens is 708 g/mol. The molecule has 5 heterocycles. The number of fused-ring (bicyclic) bond motifs is 1. The Bertz CT molecular complexity index is 2230. The van der Waals surface area contributed by atoms with Crippen molar-refractivity contribution >= 4 is 40.9 Å². The molecule has 14 heteroatoms. The maximum atomic E-state index is 13.3. The lowest BCUT2D eigenvalue weighted by Gasteiger charge is -2.49. The Hall–Kier alpha value is -5.39. The summed E-state index contributed by atoms with van der Waals surface area (Å²) >= 11 is 6.29. The molecular formula is C40H39ClN8O5. The average Bonchev–Trinajstić information content (AvgIpc) is 3.57. The van der Waals surface area contributed by atoms with Crippen molar-refractivity contribution in [2.75, 3.05) is 44.2 Å². The number of halogens is 1. The number of aliphatic hydroxyl groups is 1. The van der Waals surface area contributed by atoms with Gasteiger partial charge in [0.2, 0.25) is 11.8 Å². The highest BCUT2D eigenvalue weighted by atomic mass is 35.5. The van der Waals surface area contributed by atoms with Gasteiger partial charge in [0.05, 0.1) is 34.0 Å². The van der Waals surface area contributed by atoms with Crippen LogP contribution in [0.4, 0.5) is 5.69 Å². The van der Waals surface area contributed by atoms with E-state index < -0.39 is 35.9 Å². The molecule has 54 heavy (non-hydrogen) atoms. The van der Waals surface area contributed by atoms with Crippen molar-refractivity contribution in [3.63, 3.8) is 0 Å². The standard InChI is InChI=1S/C40H39ClN8O5/c1-23-24(2)48(44-36(23)27-7-8-28(19-42)33(41)17-27)20-25-3-5-26(6-4-25)38(52)46-15-13-45(14-16-46)30-21-47(22-30)29-9-10-31-32(18-29)40(54)49(39(31)53)34-11-12-35(50)43-37(34)51/h3-10,17-18,30,34,38,52H,11-16,20-22H2,1-2H3,(H,43,50,51). The number of nitrogens with zero attached hydrogens (tertiary/aromatic N) is 7. The highest BCUT2D eigenvalue weighted by Gasteiger charge is 2.45. The molecule has 0 saturated carbocycles. The fraction of sp³-hybridized carbons (Fsp3) is 0.350. The maximum Gasteiger partial charge on any atom is 0.262 e. The van der Waals surface area contributed by atoms with Gasteiger partial charge in [-0.2, -0.15) is 10.4 Å². The molecule has 3 aromatic carbocycles. The van der Waals surface area contributed by atoms with Crippen molar-refractivity contribution in [3.8, 4) is 17.3 Å². The summed E-state index contributed by atoms with van der Waals surface area (Å²) in [6.07, 6.45) is -0.507. The van der Waals surface area contributed by atoms with Crippen LogP contribution in [0.15, 0.2) is 60.7 Å². The number of rotatable bonds is 8. The van der Waals surface area contributed by atoms with Crippen molar-refractivity contribution in [2.45, 2.75) is 51.5 Å². The molecule has 0 spiro atoms. The molecule has 0 bridgehead atoms. The summed E-state index contributed by atoms with van der Waals surface area (Å²) in [7, 11) is 0. The molecule has 2 N–H and O–H groups in total. The first kappa shape index (κ1) is 35.6. The third-order valence-corrected chi connectivity index (χ3v) is 11.7. The van der Waals surface area contributed by atoms with Gasteiger partial charge in [0.1, 0.15) is 18.3 Å². The minimum absolute atomic E-state index is 0.0829. The first-order valence-corrected chi connectivity index (χ1v) is 18.5. The second-order valence-corrected chi connectivity index (χ2v) is 14.9. The number of anilines is 1. The van der Waals surface area contributed by atoms with Crippen LogP contribution in [0.5, 0.6) is 0 Å². The molecule has 0 aliphatic carbocycles. The minimum Gasteiger partial charge on any atom is -0.374 e. The van der Waals surface area contributed by atoms with Gasteiger partial charge < -0.3 is 10.0 Å². The van der Waals surface area contributed by atoms with E-state index in [0.717, 1.165) is 83.5 Å². The zero-order valence-corrected chi connectivity index (χ0v) is 30.7. The third kappa shape index (κ3) is 6.35. The summed E-state index contributed by atoms with van der Waals surface area (Å²) in [5.41, 5.74) is 7.53. The van der Waals surface area contributed by atoms with Crippen LogP contribution in [0, 0.1) is 25.2 Å². The second-order valence-electron chi connectivity index (χ2n) is 14.4. The summed E-state index contributed by atoms with van der Waals surface area (Å²) in [6.45, 7) is 9.27. The van der Waals surface area contributed by atoms with E-state index in [4.69, 9.17) is 16.7 Å². The number of carbonyl (C=O) groups excluding carboxylic acids is 4. The molecule has 2 atom stereocenters. The van der Waals surface area contributed by atoms with Crippen molar-refractivity contribution in [1.82, 2.24) is 29.8 Å². The Kier molecular flexibility index (Phi) is 9.31. The zero-order chi connectivity index (χ0) is 37.8. The number of piperazine rings is 1. The quantitative estimate of drug-likeness (QED) is 0.256. The predicted molar refractivity (Wildman–Crippen MR) is 200 cm³/mol. The summed E-state index contributed by atoms with van der Waals surface area (Å²) in [6, 6.07) is 20.0. The SMILES string of the molecule is Cc1c(-c2ccc(C#N)c(Cl)c2)nn(Cc2ccc(C(O)N3CCN(C4CN(c5ccc6c(c5)C(=O)N(C5CCC(=O)NC5=O)C6=O)C4)CC3)cc2)c1C. The summed E-state index contributed by atoms with van der Waals surface area (Å²) in [4.78, 5) is 58.0. The van der Waals surface area contributed by atoms with E-state index in [9.17, 15) is 29.5 Å². The first-order chi connectivity index (χ1) is 26.0. The molecule has 276 valence electrons. The van der Waals surface area contributed by atoms with Crippen LogP contribution in [0.25, 0.3) is 11.3 Å². The highest BCUT2D eigenvalue weighted by molar-refractivity contribution is 6.32. The van der Waals surface area contributed by atoms with Crippen molar-refractivity contribution < 1.29 is 24.3 Å². The largest absolute Gasteiger partial charge is 0.374 e. The van der Waals surface area contributed by atoms with Crippen molar-refractivity contribution in [2.24, 2.45) is 0 Å². The average molecular weight is 747 g/mol. The molecule has 13 nitrogen and oxygen atoms in total. The van der Waals surface area contributed by atoms with Gasteiger partial charge in [0.25, 0.3) is 11.8 Å². The molecule has 3 fully saturated rings. The zero-order valence-electron chi connectivity index (χ0n) is 30.0. The maximum absolute atomic E-state index is 13.3. The number of nitrogens with one attached hydrogen (secondary N) is 1. The molecule has 4 aromatic rings. The van der Waals surface area contributed by atoms with E-state index in [1.807, 2.05) is 54.9 Å². The number of amides is 4. The molecule has 3 saturated heterocycles. The monoisotopic (exact) mass is 746 g/mol. The van der Waals surface area contributed by atoms with Crippen LogP contribution >= 0.6 is 11.6 Å². The summed E-state index contributed by atoms with van der Waals surface area (Å²) < 4.78 is 1.96. The van der Waals surface area contributed by atoms with Gasteiger partial charge in [0.15, 0.2) is 0 Å². The Morgan fingerprint density at radius 2 is 1.67 bits per heavy atom. The summed E-state index contributed by atoms with van der Waals surface area (Å²) in [5, 5.41) is 28.0. The van der Waals surface area contributed by atoms with E-state index >= 15 is 0 Å². The van der Waals surface area contributed by atoms with Gasteiger partial charge in [-0.25, -0.2) is 0 Å². The minimum atomic E-state index is -0.984. The molecule has 4 amide bonds. The van der Waals surface area contributed by atoms with Crippen LogP contribution in [0.3, 0.4) is 0 Å². The lowest BCUT2D eigenvalue weighted by molar-refractivity contribution is -0.136. The predicted octanol–water partition coefficient (Wildman–Crippen LogP) is 3.64. The Morgan fingerprint density at radius 3 is 2.35 bits per heavy atom. The molecule has 4 aliphatic rings. The van der Waals surface area contributed by atoms with E-state index in [1.165, 1.54) is 0 Å². The molecule has 0 radical (unpaired) electrons. The van der Waals surface area contributed by atoms with Crippen LogP contribution in [-0.4, -0.2) is 105 Å². The van der Waals surface area contributed by atoms with Gasteiger partial charge in [-0.15, -0.1) is 0 Å². The number of nitriles is 1. The number of hydrogen-bond donors (Lipinski definition) is 2. The third-order valence-electron chi connectivity index (χ3n) is 11.3. The normalized spacial score (nSPS) is 20.2. The van der Waals surface area contributed by atoms with Crippen LogP contribution in [-0.2, 0) is 16.1 Å².